The quantitative estimate of drug-likeness (QED) is 0.760. The van der Waals surface area contributed by atoms with Crippen molar-refractivity contribution in [2.45, 2.75) is 36.3 Å². The van der Waals surface area contributed by atoms with E-state index in [4.69, 9.17) is 0 Å². The van der Waals surface area contributed by atoms with E-state index in [2.05, 4.69) is 12.2 Å². The number of hydrogen-bond acceptors (Lipinski definition) is 4. The number of rotatable bonds is 1. The second-order valence-electron chi connectivity index (χ2n) is 4.90. The zero-order valence-corrected chi connectivity index (χ0v) is 11.0. The third kappa shape index (κ3) is 2.19. The third-order valence-electron chi connectivity index (χ3n) is 3.43. The number of sulfone groups is 1. The van der Waals surface area contributed by atoms with Gasteiger partial charge in [-0.2, -0.15) is 0 Å². The Labute approximate surface area is 96.3 Å². The van der Waals surface area contributed by atoms with Crippen molar-refractivity contribution >= 4 is 21.6 Å². The van der Waals surface area contributed by atoms with Crippen molar-refractivity contribution < 1.29 is 8.42 Å². The number of hydrogen-bond donors (Lipinski definition) is 1. The first-order chi connectivity index (χ1) is 6.94. The summed E-state index contributed by atoms with van der Waals surface area (Å²) < 4.78 is 23.5. The fourth-order valence-electron chi connectivity index (χ4n) is 2.62. The lowest BCUT2D eigenvalue weighted by molar-refractivity contribution is 0.413. The van der Waals surface area contributed by atoms with Crippen molar-refractivity contribution in [3.8, 4) is 0 Å². The average Bonchev–Trinajstić information content (AvgIpc) is 2.54. The Morgan fingerprint density at radius 2 is 2.20 bits per heavy atom. The summed E-state index contributed by atoms with van der Waals surface area (Å²) in [5.41, 5.74) is 0. The molecule has 2 rings (SSSR count). The highest BCUT2D eigenvalue weighted by Crippen LogP contribution is 2.45. The van der Waals surface area contributed by atoms with Crippen molar-refractivity contribution in [1.29, 1.82) is 0 Å². The van der Waals surface area contributed by atoms with Gasteiger partial charge in [0, 0.05) is 6.26 Å². The first-order valence-electron chi connectivity index (χ1n) is 5.52. The van der Waals surface area contributed by atoms with Crippen LogP contribution in [0.4, 0.5) is 0 Å². The number of nitrogens with one attached hydrogen (secondary N) is 1. The summed E-state index contributed by atoms with van der Waals surface area (Å²) in [6.45, 7) is 3.16. The summed E-state index contributed by atoms with van der Waals surface area (Å²) in [6.07, 6.45) is 4.24. The molecule has 0 radical (unpaired) electrons. The van der Waals surface area contributed by atoms with Gasteiger partial charge in [0.05, 0.1) is 10.1 Å². The van der Waals surface area contributed by atoms with Crippen molar-refractivity contribution in [2.24, 2.45) is 5.92 Å². The zero-order chi connectivity index (χ0) is 11.1. The van der Waals surface area contributed by atoms with E-state index in [9.17, 15) is 8.42 Å². The van der Waals surface area contributed by atoms with Crippen LogP contribution in [0.15, 0.2) is 0 Å². The first kappa shape index (κ1) is 11.7. The summed E-state index contributed by atoms with van der Waals surface area (Å²) >= 11 is 1.83. The second kappa shape index (κ2) is 3.93. The van der Waals surface area contributed by atoms with E-state index in [-0.39, 0.29) is 10.1 Å². The highest BCUT2D eigenvalue weighted by molar-refractivity contribution is 8.02. The molecule has 0 amide bonds. The van der Waals surface area contributed by atoms with Crippen LogP contribution in [-0.4, -0.2) is 37.1 Å². The summed E-state index contributed by atoms with van der Waals surface area (Å²) in [6, 6.07) is 0. The lowest BCUT2D eigenvalue weighted by atomic mass is 10.1. The molecule has 0 aromatic rings. The molecule has 3 nitrogen and oxygen atoms in total. The predicted molar refractivity (Wildman–Crippen MR) is 64.8 cm³/mol. The van der Waals surface area contributed by atoms with Crippen LogP contribution < -0.4 is 5.32 Å². The topological polar surface area (TPSA) is 46.2 Å². The van der Waals surface area contributed by atoms with Gasteiger partial charge in [-0.25, -0.2) is 8.42 Å². The van der Waals surface area contributed by atoms with Gasteiger partial charge in [0.25, 0.3) is 0 Å². The molecule has 1 saturated heterocycles. The number of thioether (sulfide) groups is 1. The molecule has 5 heteroatoms. The van der Waals surface area contributed by atoms with E-state index in [1.807, 2.05) is 11.8 Å². The normalized spacial score (nSPS) is 42.3. The van der Waals surface area contributed by atoms with Gasteiger partial charge < -0.3 is 5.32 Å². The SMILES string of the molecule is CC1CNC2(CCCC2S(C)(=O)=O)SC1. The summed E-state index contributed by atoms with van der Waals surface area (Å²) in [5, 5.41) is 3.31. The molecule has 0 bridgehead atoms. The van der Waals surface area contributed by atoms with Crippen LogP contribution in [-0.2, 0) is 9.84 Å². The molecule has 88 valence electrons. The maximum atomic E-state index is 11.7. The summed E-state index contributed by atoms with van der Waals surface area (Å²) in [7, 11) is -2.91. The molecule has 2 fully saturated rings. The van der Waals surface area contributed by atoms with Gasteiger partial charge in [0.15, 0.2) is 9.84 Å². The van der Waals surface area contributed by atoms with Gasteiger partial charge in [0.2, 0.25) is 0 Å². The highest BCUT2D eigenvalue weighted by Gasteiger charge is 2.49. The smallest absolute Gasteiger partial charge is 0.152 e. The third-order valence-corrected chi connectivity index (χ3v) is 7.13. The molecule has 3 unspecified atom stereocenters. The fourth-order valence-corrected chi connectivity index (χ4v) is 6.31. The van der Waals surface area contributed by atoms with Crippen molar-refractivity contribution in [2.75, 3.05) is 18.6 Å². The van der Waals surface area contributed by atoms with E-state index >= 15 is 0 Å². The Morgan fingerprint density at radius 1 is 1.47 bits per heavy atom. The van der Waals surface area contributed by atoms with Crippen LogP contribution in [0.3, 0.4) is 0 Å². The molecular formula is C10H19NO2S2. The monoisotopic (exact) mass is 249 g/mol. The molecule has 1 saturated carbocycles. The minimum atomic E-state index is -2.91. The van der Waals surface area contributed by atoms with Gasteiger partial charge in [0.1, 0.15) is 0 Å². The molecule has 3 atom stereocenters. The largest absolute Gasteiger partial charge is 0.301 e. The van der Waals surface area contributed by atoms with Crippen LogP contribution in [0.1, 0.15) is 26.2 Å². The van der Waals surface area contributed by atoms with Gasteiger partial charge in [-0.05, 0) is 37.5 Å². The van der Waals surface area contributed by atoms with E-state index < -0.39 is 9.84 Å². The lowest BCUT2D eigenvalue weighted by Crippen LogP contribution is -2.55. The molecular weight excluding hydrogens is 230 g/mol. The van der Waals surface area contributed by atoms with Gasteiger partial charge in [-0.3, -0.25) is 0 Å². The van der Waals surface area contributed by atoms with Gasteiger partial charge in [-0.15, -0.1) is 11.8 Å². The van der Waals surface area contributed by atoms with E-state index in [1.165, 1.54) is 6.26 Å². The molecule has 1 aliphatic heterocycles. The van der Waals surface area contributed by atoms with E-state index in [0.717, 1.165) is 31.6 Å². The van der Waals surface area contributed by atoms with Crippen molar-refractivity contribution in [3.63, 3.8) is 0 Å². The maximum Gasteiger partial charge on any atom is 0.152 e. The molecule has 1 N–H and O–H groups in total. The van der Waals surface area contributed by atoms with Crippen LogP contribution in [0.25, 0.3) is 0 Å². The average molecular weight is 249 g/mol. The minimum Gasteiger partial charge on any atom is -0.301 e. The first-order valence-corrected chi connectivity index (χ1v) is 8.46. The fraction of sp³-hybridized carbons (Fsp3) is 1.00. The Balaban J connectivity index is 2.20. The molecule has 0 aromatic heterocycles. The van der Waals surface area contributed by atoms with Crippen molar-refractivity contribution in [1.82, 2.24) is 5.32 Å². The van der Waals surface area contributed by atoms with Crippen LogP contribution in [0.2, 0.25) is 0 Å². The van der Waals surface area contributed by atoms with E-state index in [1.54, 1.807) is 0 Å². The van der Waals surface area contributed by atoms with Crippen LogP contribution >= 0.6 is 11.8 Å². The Morgan fingerprint density at radius 3 is 2.73 bits per heavy atom. The second-order valence-corrected chi connectivity index (χ2v) is 8.48. The van der Waals surface area contributed by atoms with Crippen LogP contribution in [0, 0.1) is 5.92 Å². The predicted octanol–water partition coefficient (Wildman–Crippen LogP) is 1.25. The van der Waals surface area contributed by atoms with Crippen molar-refractivity contribution in [3.05, 3.63) is 0 Å². The summed E-state index contributed by atoms with van der Waals surface area (Å²) in [5.74, 6) is 1.74. The van der Waals surface area contributed by atoms with Gasteiger partial charge in [-0.1, -0.05) is 6.92 Å². The summed E-state index contributed by atoms with van der Waals surface area (Å²) in [4.78, 5) is -0.167. The molecule has 1 aliphatic carbocycles. The Kier molecular flexibility index (Phi) is 3.07. The highest BCUT2D eigenvalue weighted by atomic mass is 32.2. The molecule has 2 aliphatic rings. The standard InChI is InChI=1S/C10H19NO2S2/c1-8-6-11-10(14-7-8)5-3-4-9(10)15(2,12)13/h8-9,11H,3-7H2,1-2H3. The van der Waals surface area contributed by atoms with Gasteiger partial charge >= 0.3 is 0 Å². The zero-order valence-electron chi connectivity index (χ0n) is 9.32. The molecule has 1 heterocycles. The van der Waals surface area contributed by atoms with Crippen LogP contribution in [0.5, 0.6) is 0 Å². The maximum absolute atomic E-state index is 11.7. The lowest BCUT2D eigenvalue weighted by Gasteiger charge is -2.40. The minimum absolute atomic E-state index is 0.167. The Hall–Kier alpha value is 0.260. The van der Waals surface area contributed by atoms with E-state index in [0.29, 0.717) is 5.92 Å². The molecule has 1 spiro atoms. The molecule has 15 heavy (non-hydrogen) atoms. The molecule has 0 aromatic carbocycles. The Bertz CT molecular complexity index is 331.